The van der Waals surface area contributed by atoms with Gasteiger partial charge in [0.05, 0.1) is 0 Å². The lowest BCUT2D eigenvalue weighted by atomic mass is 10.1. The predicted octanol–water partition coefficient (Wildman–Crippen LogP) is 3.19. The molecular weight excluding hydrogens is 146 g/mol. The minimum Gasteiger partial charge on any atom is -0.265 e. The molecule has 0 heterocycles. The third-order valence-corrected chi connectivity index (χ3v) is 1.51. The summed E-state index contributed by atoms with van der Waals surface area (Å²) in [5.74, 6) is 0. The van der Waals surface area contributed by atoms with Crippen LogP contribution in [0.25, 0.3) is 0 Å². The smallest absolute Gasteiger partial charge is 0.0342 e. The van der Waals surface area contributed by atoms with E-state index in [1.54, 1.807) is 0 Å². The van der Waals surface area contributed by atoms with Crippen molar-refractivity contribution in [2.75, 3.05) is 0 Å². The molecule has 0 saturated carbocycles. The fourth-order valence-corrected chi connectivity index (χ4v) is 0.865. The molecule has 0 bridgehead atoms. The molecule has 1 nitrogen and oxygen atoms in total. The van der Waals surface area contributed by atoms with Crippen LogP contribution in [0.2, 0.25) is 0 Å². The highest BCUT2D eigenvalue weighted by Gasteiger charge is 1.89. The van der Waals surface area contributed by atoms with E-state index in [2.05, 4.69) is 24.6 Å². The van der Waals surface area contributed by atoms with E-state index in [1.807, 2.05) is 24.4 Å². The zero-order valence-electron chi connectivity index (χ0n) is 6.62. The van der Waals surface area contributed by atoms with Gasteiger partial charge in [0, 0.05) is 12.4 Å². The third-order valence-electron chi connectivity index (χ3n) is 1.51. The van der Waals surface area contributed by atoms with E-state index in [4.69, 9.17) is 0 Å². The van der Waals surface area contributed by atoms with E-state index in [9.17, 15) is 0 Å². The second-order valence-corrected chi connectivity index (χ2v) is 2.32. The number of benzene rings is 1. The molecule has 64 valence electrons. The molecule has 0 atom stereocenters. The van der Waals surface area contributed by atoms with Crippen molar-refractivity contribution in [2.45, 2.75) is 14.4 Å². The number of hydrogen-bond acceptors (Lipinski definition) is 1. The molecule has 0 aromatic heterocycles. The standard InChI is InChI=1S/C10H11N.CH4/c1-3-11-8-10-7-5-4-6-9(10)2;/h3-8H,1H2,2H3;1H4. The van der Waals surface area contributed by atoms with Crippen LogP contribution in [0.15, 0.2) is 42.0 Å². The van der Waals surface area contributed by atoms with Gasteiger partial charge in [-0.15, -0.1) is 0 Å². The Morgan fingerprint density at radius 2 is 2.00 bits per heavy atom. The maximum absolute atomic E-state index is 3.94. The van der Waals surface area contributed by atoms with Gasteiger partial charge >= 0.3 is 0 Å². The normalized spacial score (nSPS) is 9.42. The Morgan fingerprint density at radius 1 is 1.33 bits per heavy atom. The summed E-state index contributed by atoms with van der Waals surface area (Å²) < 4.78 is 0. The molecule has 1 heteroatoms. The first-order valence-corrected chi connectivity index (χ1v) is 3.54. The lowest BCUT2D eigenvalue weighted by molar-refractivity contribution is 1.44. The monoisotopic (exact) mass is 161 g/mol. The molecule has 1 aromatic rings. The van der Waals surface area contributed by atoms with E-state index in [0.717, 1.165) is 5.56 Å². The molecule has 12 heavy (non-hydrogen) atoms. The van der Waals surface area contributed by atoms with Crippen molar-refractivity contribution >= 4 is 6.21 Å². The summed E-state index contributed by atoms with van der Waals surface area (Å²) in [5.41, 5.74) is 2.38. The molecule has 1 aromatic carbocycles. The van der Waals surface area contributed by atoms with Crippen LogP contribution in [0.5, 0.6) is 0 Å². The van der Waals surface area contributed by atoms with Crippen molar-refractivity contribution < 1.29 is 0 Å². The first-order valence-electron chi connectivity index (χ1n) is 3.54. The van der Waals surface area contributed by atoms with E-state index in [-0.39, 0.29) is 7.43 Å². The summed E-state index contributed by atoms with van der Waals surface area (Å²) >= 11 is 0. The van der Waals surface area contributed by atoms with E-state index in [0.29, 0.717) is 0 Å². The fourth-order valence-electron chi connectivity index (χ4n) is 0.865. The molecule has 0 aliphatic rings. The molecule has 0 saturated heterocycles. The molecule has 1 rings (SSSR count). The van der Waals surface area contributed by atoms with Crippen molar-refractivity contribution in [1.29, 1.82) is 0 Å². The Bertz CT molecular complexity index is 274. The van der Waals surface area contributed by atoms with Crippen LogP contribution in [-0.4, -0.2) is 6.21 Å². The zero-order chi connectivity index (χ0) is 8.10. The highest BCUT2D eigenvalue weighted by molar-refractivity contribution is 5.81. The van der Waals surface area contributed by atoms with E-state index >= 15 is 0 Å². The van der Waals surface area contributed by atoms with Gasteiger partial charge in [-0.1, -0.05) is 38.3 Å². The molecule has 0 unspecified atom stereocenters. The first kappa shape index (κ1) is 10.6. The Hall–Kier alpha value is -1.37. The Balaban J connectivity index is 0.00000121. The van der Waals surface area contributed by atoms with Crippen LogP contribution in [-0.2, 0) is 0 Å². The number of aryl methyl sites for hydroxylation is 1. The largest absolute Gasteiger partial charge is 0.265 e. The number of aliphatic imine (C=N–C) groups is 1. The van der Waals surface area contributed by atoms with Gasteiger partial charge < -0.3 is 0 Å². The van der Waals surface area contributed by atoms with Gasteiger partial charge in [0.25, 0.3) is 0 Å². The molecule has 0 aliphatic carbocycles. The minimum absolute atomic E-state index is 0. The highest BCUT2D eigenvalue weighted by Crippen LogP contribution is 2.03. The molecule has 0 amide bonds. The lowest BCUT2D eigenvalue weighted by Gasteiger charge is -1.95. The number of rotatable bonds is 2. The number of hydrogen-bond donors (Lipinski definition) is 0. The van der Waals surface area contributed by atoms with Crippen LogP contribution in [0.3, 0.4) is 0 Å². The fraction of sp³-hybridized carbons (Fsp3) is 0.182. The second kappa shape index (κ2) is 5.30. The predicted molar refractivity (Wildman–Crippen MR) is 55.7 cm³/mol. The van der Waals surface area contributed by atoms with E-state index in [1.165, 1.54) is 11.8 Å². The average molecular weight is 161 g/mol. The van der Waals surface area contributed by atoms with E-state index < -0.39 is 0 Å². The molecule has 0 aliphatic heterocycles. The summed E-state index contributed by atoms with van der Waals surface area (Å²) in [6.07, 6.45) is 3.34. The molecule has 0 radical (unpaired) electrons. The van der Waals surface area contributed by atoms with Gasteiger partial charge in [0.1, 0.15) is 0 Å². The van der Waals surface area contributed by atoms with Crippen LogP contribution >= 0.6 is 0 Å². The second-order valence-electron chi connectivity index (χ2n) is 2.32. The summed E-state index contributed by atoms with van der Waals surface area (Å²) in [4.78, 5) is 3.94. The van der Waals surface area contributed by atoms with Crippen molar-refractivity contribution in [1.82, 2.24) is 0 Å². The highest BCUT2D eigenvalue weighted by atomic mass is 14.7. The molecule has 0 N–H and O–H groups in total. The van der Waals surface area contributed by atoms with Crippen LogP contribution in [0, 0.1) is 6.92 Å². The maximum Gasteiger partial charge on any atom is 0.0342 e. The van der Waals surface area contributed by atoms with Gasteiger partial charge in [0.2, 0.25) is 0 Å². The molecule has 0 spiro atoms. The third kappa shape index (κ3) is 2.70. The van der Waals surface area contributed by atoms with Crippen molar-refractivity contribution in [3.05, 3.63) is 48.2 Å². The summed E-state index contributed by atoms with van der Waals surface area (Å²) in [7, 11) is 0. The average Bonchev–Trinajstić information content (AvgIpc) is 2.03. The van der Waals surface area contributed by atoms with Gasteiger partial charge in [-0.25, -0.2) is 0 Å². The number of nitrogens with zero attached hydrogens (tertiary/aromatic N) is 1. The quantitative estimate of drug-likeness (QED) is 0.591. The topological polar surface area (TPSA) is 12.4 Å². The zero-order valence-corrected chi connectivity index (χ0v) is 6.62. The summed E-state index contributed by atoms with van der Waals surface area (Å²) in [6, 6.07) is 8.10. The minimum atomic E-state index is 0. The van der Waals surface area contributed by atoms with Crippen molar-refractivity contribution in [3.8, 4) is 0 Å². The lowest BCUT2D eigenvalue weighted by Crippen LogP contribution is -1.83. The van der Waals surface area contributed by atoms with Crippen LogP contribution in [0.1, 0.15) is 18.6 Å². The van der Waals surface area contributed by atoms with Crippen LogP contribution < -0.4 is 0 Å². The maximum atomic E-state index is 3.94. The Morgan fingerprint density at radius 3 is 2.58 bits per heavy atom. The molecular formula is C11H15N. The first-order chi connectivity index (χ1) is 5.34. The van der Waals surface area contributed by atoms with Gasteiger partial charge in [-0.3, -0.25) is 4.99 Å². The summed E-state index contributed by atoms with van der Waals surface area (Å²) in [6.45, 7) is 5.57. The Labute approximate surface area is 74.5 Å². The van der Waals surface area contributed by atoms with Gasteiger partial charge in [0.15, 0.2) is 0 Å². The summed E-state index contributed by atoms with van der Waals surface area (Å²) in [5, 5.41) is 0. The van der Waals surface area contributed by atoms with Gasteiger partial charge in [-0.2, -0.15) is 0 Å². The van der Waals surface area contributed by atoms with Crippen LogP contribution in [0.4, 0.5) is 0 Å². The van der Waals surface area contributed by atoms with Crippen molar-refractivity contribution in [2.24, 2.45) is 4.99 Å². The SMILES string of the molecule is C.C=CN=Cc1ccccc1C. The van der Waals surface area contributed by atoms with Crippen molar-refractivity contribution in [3.63, 3.8) is 0 Å². The van der Waals surface area contributed by atoms with Gasteiger partial charge in [-0.05, 0) is 18.1 Å². The Kier molecular flexibility index (Phi) is 4.70. The molecule has 0 fully saturated rings.